The zero-order valence-corrected chi connectivity index (χ0v) is 10.1. The van der Waals surface area contributed by atoms with Gasteiger partial charge in [-0.1, -0.05) is 17.7 Å². The fourth-order valence-electron chi connectivity index (χ4n) is 1.01. The molecule has 0 aromatic heterocycles. The molecule has 0 fully saturated rings. The summed E-state index contributed by atoms with van der Waals surface area (Å²) < 4.78 is 0. The van der Waals surface area contributed by atoms with Crippen molar-refractivity contribution in [3.8, 4) is 0 Å². The Labute approximate surface area is 98.8 Å². The number of aryl methyl sites for hydroxylation is 1. The third-order valence-electron chi connectivity index (χ3n) is 1.87. The molecule has 0 unspecified atom stereocenters. The molecule has 86 valence electrons. The summed E-state index contributed by atoms with van der Waals surface area (Å²) in [4.78, 5) is 23.1. The number of thioether (sulfide) groups is 1. The van der Waals surface area contributed by atoms with Crippen molar-refractivity contribution >= 4 is 23.7 Å². The summed E-state index contributed by atoms with van der Waals surface area (Å²) >= 11 is 1.40. The average molecular weight is 238 g/mol. The number of imide groups is 1. The maximum absolute atomic E-state index is 11.3. The Morgan fingerprint density at radius 3 is 2.44 bits per heavy atom. The number of urea groups is 1. The van der Waals surface area contributed by atoms with Crippen LogP contribution < -0.4 is 10.6 Å². The molecular weight excluding hydrogens is 224 g/mol. The van der Waals surface area contributed by atoms with Gasteiger partial charge in [0.05, 0.1) is 5.75 Å². The fraction of sp³-hybridized carbons (Fsp3) is 0.273. The zero-order chi connectivity index (χ0) is 12.0. The van der Waals surface area contributed by atoms with E-state index in [9.17, 15) is 9.59 Å². The monoisotopic (exact) mass is 238 g/mol. The zero-order valence-electron chi connectivity index (χ0n) is 9.24. The SMILES string of the molecule is CNC(=O)NC(=O)CSc1ccc(C)cc1. The molecule has 3 amide bonds. The van der Waals surface area contributed by atoms with E-state index in [0.717, 1.165) is 4.90 Å². The number of hydrogen-bond acceptors (Lipinski definition) is 3. The number of carbonyl (C=O) groups excluding carboxylic acids is 2. The molecule has 0 atom stereocenters. The Balaban J connectivity index is 2.37. The van der Waals surface area contributed by atoms with E-state index in [1.807, 2.05) is 31.2 Å². The summed E-state index contributed by atoms with van der Waals surface area (Å²) in [5, 5.41) is 4.52. The quantitative estimate of drug-likeness (QED) is 0.785. The Kier molecular flexibility index (Phi) is 4.85. The van der Waals surface area contributed by atoms with Crippen LogP contribution >= 0.6 is 11.8 Å². The maximum Gasteiger partial charge on any atom is 0.321 e. The van der Waals surface area contributed by atoms with Gasteiger partial charge in [0.2, 0.25) is 5.91 Å². The lowest BCUT2D eigenvalue weighted by atomic mass is 10.2. The Bertz CT molecular complexity index is 376. The number of hydrogen-bond donors (Lipinski definition) is 2. The van der Waals surface area contributed by atoms with Gasteiger partial charge in [-0.15, -0.1) is 11.8 Å². The Hall–Kier alpha value is -1.49. The van der Waals surface area contributed by atoms with E-state index >= 15 is 0 Å². The molecule has 0 aliphatic heterocycles. The number of carbonyl (C=O) groups is 2. The van der Waals surface area contributed by atoms with Crippen LogP contribution in [-0.4, -0.2) is 24.7 Å². The molecule has 0 bridgehead atoms. The minimum Gasteiger partial charge on any atom is -0.341 e. The van der Waals surface area contributed by atoms with E-state index < -0.39 is 6.03 Å². The lowest BCUT2D eigenvalue weighted by Crippen LogP contribution is -2.38. The van der Waals surface area contributed by atoms with Gasteiger partial charge in [-0.3, -0.25) is 10.1 Å². The minimum absolute atomic E-state index is 0.233. The van der Waals surface area contributed by atoms with Gasteiger partial charge in [-0.25, -0.2) is 4.79 Å². The summed E-state index contributed by atoms with van der Waals surface area (Å²) in [6, 6.07) is 7.40. The van der Waals surface area contributed by atoms with Gasteiger partial charge in [-0.05, 0) is 19.1 Å². The molecule has 0 spiro atoms. The van der Waals surface area contributed by atoms with Crippen molar-refractivity contribution in [1.29, 1.82) is 0 Å². The van der Waals surface area contributed by atoms with Crippen LogP contribution in [0.3, 0.4) is 0 Å². The smallest absolute Gasteiger partial charge is 0.321 e. The minimum atomic E-state index is -0.477. The number of rotatable bonds is 3. The van der Waals surface area contributed by atoms with Crippen molar-refractivity contribution in [2.24, 2.45) is 0 Å². The first-order valence-corrected chi connectivity index (χ1v) is 5.81. The van der Waals surface area contributed by atoms with Crippen molar-refractivity contribution in [3.63, 3.8) is 0 Å². The average Bonchev–Trinajstić information content (AvgIpc) is 2.28. The molecule has 16 heavy (non-hydrogen) atoms. The Morgan fingerprint density at radius 2 is 1.88 bits per heavy atom. The van der Waals surface area contributed by atoms with E-state index in [2.05, 4.69) is 10.6 Å². The summed E-state index contributed by atoms with van der Waals surface area (Å²) in [5.74, 6) is -0.0684. The van der Waals surface area contributed by atoms with Gasteiger partial charge in [0, 0.05) is 11.9 Å². The van der Waals surface area contributed by atoms with Crippen LogP contribution in [0.5, 0.6) is 0 Å². The normalized spacial score (nSPS) is 9.62. The van der Waals surface area contributed by atoms with E-state index in [0.29, 0.717) is 0 Å². The molecule has 0 radical (unpaired) electrons. The second-order valence-electron chi connectivity index (χ2n) is 3.23. The lowest BCUT2D eigenvalue weighted by Gasteiger charge is -2.03. The molecule has 1 aromatic rings. The van der Waals surface area contributed by atoms with Crippen molar-refractivity contribution in [3.05, 3.63) is 29.8 Å². The molecular formula is C11H14N2O2S. The van der Waals surface area contributed by atoms with Crippen LogP contribution in [0.25, 0.3) is 0 Å². The summed E-state index contributed by atoms with van der Waals surface area (Å²) in [7, 11) is 1.47. The van der Waals surface area contributed by atoms with Crippen molar-refractivity contribution in [2.45, 2.75) is 11.8 Å². The van der Waals surface area contributed by atoms with Gasteiger partial charge in [-0.2, -0.15) is 0 Å². The standard InChI is InChI=1S/C11H14N2O2S/c1-8-3-5-9(6-4-8)16-7-10(14)13-11(15)12-2/h3-6H,7H2,1-2H3,(H2,12,13,14,15). The topological polar surface area (TPSA) is 58.2 Å². The number of amides is 3. The molecule has 0 saturated carbocycles. The molecule has 0 aliphatic rings. The van der Waals surface area contributed by atoms with Gasteiger partial charge in [0.25, 0.3) is 0 Å². The maximum atomic E-state index is 11.3. The molecule has 1 rings (SSSR count). The summed E-state index contributed by atoms with van der Waals surface area (Å²) in [5.41, 5.74) is 1.18. The van der Waals surface area contributed by atoms with Crippen LogP contribution in [0.2, 0.25) is 0 Å². The second-order valence-corrected chi connectivity index (χ2v) is 4.28. The molecule has 2 N–H and O–H groups in total. The predicted octanol–water partition coefficient (Wildman–Crippen LogP) is 1.54. The first kappa shape index (κ1) is 12.6. The highest BCUT2D eigenvalue weighted by Crippen LogP contribution is 2.17. The highest BCUT2D eigenvalue weighted by Gasteiger charge is 2.05. The highest BCUT2D eigenvalue weighted by molar-refractivity contribution is 8.00. The van der Waals surface area contributed by atoms with Gasteiger partial charge in [0.1, 0.15) is 0 Å². The molecule has 0 aliphatic carbocycles. The fourth-order valence-corrected chi connectivity index (χ4v) is 1.71. The van der Waals surface area contributed by atoms with Crippen LogP contribution in [0.4, 0.5) is 4.79 Å². The van der Waals surface area contributed by atoms with Crippen molar-refractivity contribution < 1.29 is 9.59 Å². The van der Waals surface area contributed by atoms with Crippen molar-refractivity contribution in [1.82, 2.24) is 10.6 Å². The van der Waals surface area contributed by atoms with Gasteiger partial charge in [0.15, 0.2) is 0 Å². The third kappa shape index (κ3) is 4.35. The van der Waals surface area contributed by atoms with E-state index in [1.165, 1.54) is 24.4 Å². The van der Waals surface area contributed by atoms with E-state index in [1.54, 1.807) is 0 Å². The molecule has 5 heteroatoms. The lowest BCUT2D eigenvalue weighted by molar-refractivity contribution is -0.117. The van der Waals surface area contributed by atoms with E-state index in [-0.39, 0.29) is 11.7 Å². The largest absolute Gasteiger partial charge is 0.341 e. The molecule has 0 heterocycles. The van der Waals surface area contributed by atoms with Crippen LogP contribution in [0.1, 0.15) is 5.56 Å². The Morgan fingerprint density at radius 1 is 1.25 bits per heavy atom. The number of benzene rings is 1. The van der Waals surface area contributed by atoms with Crippen molar-refractivity contribution in [2.75, 3.05) is 12.8 Å². The van der Waals surface area contributed by atoms with Crippen LogP contribution in [-0.2, 0) is 4.79 Å². The summed E-state index contributed by atoms with van der Waals surface area (Å²) in [6.07, 6.45) is 0. The molecule has 1 aromatic carbocycles. The summed E-state index contributed by atoms with van der Waals surface area (Å²) in [6.45, 7) is 2.01. The number of nitrogens with one attached hydrogen (secondary N) is 2. The van der Waals surface area contributed by atoms with E-state index in [4.69, 9.17) is 0 Å². The predicted molar refractivity (Wildman–Crippen MR) is 64.5 cm³/mol. The molecule has 4 nitrogen and oxygen atoms in total. The first-order valence-electron chi connectivity index (χ1n) is 4.83. The highest BCUT2D eigenvalue weighted by atomic mass is 32.2. The first-order chi connectivity index (χ1) is 7.61. The second kappa shape index (κ2) is 6.17. The molecule has 0 saturated heterocycles. The van der Waals surface area contributed by atoms with Crippen LogP contribution in [0, 0.1) is 6.92 Å². The third-order valence-corrected chi connectivity index (χ3v) is 2.88. The van der Waals surface area contributed by atoms with Gasteiger partial charge >= 0.3 is 6.03 Å². The van der Waals surface area contributed by atoms with Crippen LogP contribution in [0.15, 0.2) is 29.2 Å². The van der Waals surface area contributed by atoms with Gasteiger partial charge < -0.3 is 5.32 Å².